The zero-order chi connectivity index (χ0) is 13.6. The van der Waals surface area contributed by atoms with E-state index in [2.05, 4.69) is 10.3 Å². The van der Waals surface area contributed by atoms with Crippen molar-refractivity contribution in [2.45, 2.75) is 32.4 Å². The van der Waals surface area contributed by atoms with Crippen molar-refractivity contribution in [3.05, 3.63) is 40.7 Å². The third-order valence-corrected chi connectivity index (χ3v) is 4.30. The highest BCUT2D eigenvalue weighted by Crippen LogP contribution is 2.41. The number of pyridine rings is 1. The number of nitrogens with one attached hydrogen (secondary N) is 2. The van der Waals surface area contributed by atoms with Crippen LogP contribution in [0.4, 0.5) is 5.82 Å². The molecule has 1 heterocycles. The van der Waals surface area contributed by atoms with Gasteiger partial charge in [-0.1, -0.05) is 32.0 Å². The second-order valence-electron chi connectivity index (χ2n) is 5.87. The van der Waals surface area contributed by atoms with Crippen LogP contribution in [0.1, 0.15) is 20.3 Å². The van der Waals surface area contributed by atoms with Gasteiger partial charge < -0.3 is 15.4 Å². The second kappa shape index (κ2) is 4.10. The monoisotopic (exact) mass is 258 g/mol. The summed E-state index contributed by atoms with van der Waals surface area (Å²) < 4.78 is 0. The Labute approximate surface area is 111 Å². The molecule has 0 saturated heterocycles. The quantitative estimate of drug-likeness (QED) is 0.773. The molecule has 0 radical (unpaired) electrons. The third kappa shape index (κ3) is 1.92. The number of aliphatic hydroxyl groups is 1. The van der Waals surface area contributed by atoms with Crippen molar-refractivity contribution in [3.8, 4) is 0 Å². The molecule has 0 spiro atoms. The number of hydrogen-bond donors (Lipinski definition) is 3. The first-order valence-corrected chi connectivity index (χ1v) is 6.55. The summed E-state index contributed by atoms with van der Waals surface area (Å²) in [7, 11) is 0. The van der Waals surface area contributed by atoms with Crippen molar-refractivity contribution in [3.63, 3.8) is 0 Å². The normalized spacial score (nSPS) is 25.0. The predicted molar refractivity (Wildman–Crippen MR) is 76.4 cm³/mol. The molecule has 0 aliphatic heterocycles. The molecule has 3 rings (SSSR count). The van der Waals surface area contributed by atoms with Gasteiger partial charge in [-0.2, -0.15) is 0 Å². The van der Waals surface area contributed by atoms with Crippen LogP contribution in [0.15, 0.2) is 35.1 Å². The van der Waals surface area contributed by atoms with Gasteiger partial charge in [0.25, 0.3) is 5.56 Å². The van der Waals surface area contributed by atoms with E-state index in [1.807, 2.05) is 44.2 Å². The molecule has 0 bridgehead atoms. The van der Waals surface area contributed by atoms with Gasteiger partial charge in [0.15, 0.2) is 0 Å². The highest BCUT2D eigenvalue weighted by molar-refractivity contribution is 5.83. The van der Waals surface area contributed by atoms with Gasteiger partial charge in [-0.05, 0) is 23.9 Å². The van der Waals surface area contributed by atoms with Crippen LogP contribution in [0.3, 0.4) is 0 Å². The summed E-state index contributed by atoms with van der Waals surface area (Å²) in [6, 6.07) is 9.64. The number of anilines is 1. The van der Waals surface area contributed by atoms with Crippen LogP contribution < -0.4 is 10.9 Å². The van der Waals surface area contributed by atoms with E-state index in [-0.39, 0.29) is 23.1 Å². The zero-order valence-corrected chi connectivity index (χ0v) is 11.1. The van der Waals surface area contributed by atoms with Crippen molar-refractivity contribution in [1.82, 2.24) is 4.98 Å². The van der Waals surface area contributed by atoms with Gasteiger partial charge in [0.05, 0.1) is 6.10 Å². The summed E-state index contributed by atoms with van der Waals surface area (Å²) in [5.41, 5.74) is -0.249. The number of fused-ring (bicyclic) bond motifs is 1. The maximum Gasteiger partial charge on any atom is 0.257 e. The van der Waals surface area contributed by atoms with E-state index in [4.69, 9.17) is 0 Å². The fraction of sp³-hybridized carbons (Fsp3) is 0.400. The van der Waals surface area contributed by atoms with Crippen LogP contribution in [0.5, 0.6) is 0 Å². The van der Waals surface area contributed by atoms with Gasteiger partial charge in [0.1, 0.15) is 5.82 Å². The van der Waals surface area contributed by atoms with E-state index in [0.29, 0.717) is 17.6 Å². The maximum atomic E-state index is 12.0. The number of rotatable bonds is 2. The molecule has 4 nitrogen and oxygen atoms in total. The molecule has 19 heavy (non-hydrogen) atoms. The molecular formula is C15H18N2O2. The van der Waals surface area contributed by atoms with Gasteiger partial charge in [-0.25, -0.2) is 0 Å². The lowest BCUT2D eigenvalue weighted by Crippen LogP contribution is -2.57. The average molecular weight is 258 g/mol. The summed E-state index contributed by atoms with van der Waals surface area (Å²) in [5.74, 6) is 0.716. The molecule has 1 aromatic heterocycles. The minimum atomic E-state index is -0.280. The Kier molecular flexibility index (Phi) is 2.64. The first-order valence-electron chi connectivity index (χ1n) is 6.55. The minimum absolute atomic E-state index is 0.0849. The predicted octanol–water partition coefficient (Wildman–Crippen LogP) is 2.10. The number of benzene rings is 1. The summed E-state index contributed by atoms with van der Waals surface area (Å²) >= 11 is 0. The first-order chi connectivity index (χ1) is 8.98. The lowest BCUT2D eigenvalue weighted by atomic mass is 9.64. The zero-order valence-electron chi connectivity index (χ0n) is 11.1. The Bertz CT molecular complexity index is 675. The van der Waals surface area contributed by atoms with E-state index in [0.717, 1.165) is 5.39 Å². The first kappa shape index (κ1) is 12.2. The number of H-pyrrole nitrogens is 1. The van der Waals surface area contributed by atoms with E-state index >= 15 is 0 Å². The number of aromatic nitrogens is 1. The molecular weight excluding hydrogens is 240 g/mol. The van der Waals surface area contributed by atoms with E-state index < -0.39 is 0 Å². The fourth-order valence-electron chi connectivity index (χ4n) is 2.62. The Hall–Kier alpha value is -1.81. The average Bonchev–Trinajstić information content (AvgIpc) is 2.38. The van der Waals surface area contributed by atoms with Crippen LogP contribution >= 0.6 is 0 Å². The fourth-order valence-corrected chi connectivity index (χ4v) is 2.62. The van der Waals surface area contributed by atoms with Gasteiger partial charge in [0, 0.05) is 16.8 Å². The van der Waals surface area contributed by atoms with Gasteiger partial charge in [-0.15, -0.1) is 0 Å². The highest BCUT2D eigenvalue weighted by atomic mass is 16.3. The SMILES string of the molecule is CC1(C)C(O)CC1Nc1cc2ccccc2c(=O)[nH]1. The van der Waals surface area contributed by atoms with E-state index in [1.165, 1.54) is 0 Å². The summed E-state index contributed by atoms with van der Waals surface area (Å²) in [6.45, 7) is 4.05. The lowest BCUT2D eigenvalue weighted by molar-refractivity contribution is -0.0511. The van der Waals surface area contributed by atoms with E-state index in [9.17, 15) is 9.90 Å². The van der Waals surface area contributed by atoms with Crippen LogP contribution in [0.2, 0.25) is 0 Å². The van der Waals surface area contributed by atoms with Gasteiger partial charge in [0.2, 0.25) is 0 Å². The highest BCUT2D eigenvalue weighted by Gasteiger charge is 2.47. The van der Waals surface area contributed by atoms with Gasteiger partial charge in [-0.3, -0.25) is 4.79 Å². The van der Waals surface area contributed by atoms with Gasteiger partial charge >= 0.3 is 0 Å². The topological polar surface area (TPSA) is 65.1 Å². The molecule has 2 aromatic rings. The molecule has 2 atom stereocenters. The summed E-state index contributed by atoms with van der Waals surface area (Å²) in [6.07, 6.45) is 0.430. The number of hydrogen-bond acceptors (Lipinski definition) is 3. The summed E-state index contributed by atoms with van der Waals surface area (Å²) in [4.78, 5) is 14.8. The molecule has 1 aliphatic rings. The Morgan fingerprint density at radius 1 is 1.37 bits per heavy atom. The Morgan fingerprint density at radius 3 is 2.79 bits per heavy atom. The van der Waals surface area contributed by atoms with Crippen LogP contribution in [0.25, 0.3) is 10.8 Å². The molecule has 1 aliphatic carbocycles. The van der Waals surface area contributed by atoms with E-state index in [1.54, 1.807) is 0 Å². The molecule has 2 unspecified atom stereocenters. The largest absolute Gasteiger partial charge is 0.392 e. The van der Waals surface area contributed by atoms with Crippen LogP contribution in [0, 0.1) is 5.41 Å². The molecule has 100 valence electrons. The molecule has 0 amide bonds. The summed E-state index contributed by atoms with van der Waals surface area (Å²) in [5, 5.41) is 14.7. The number of aromatic amines is 1. The Balaban J connectivity index is 1.93. The van der Waals surface area contributed by atoms with Crippen molar-refractivity contribution >= 4 is 16.6 Å². The molecule has 4 heteroatoms. The second-order valence-corrected chi connectivity index (χ2v) is 5.87. The molecule has 1 saturated carbocycles. The molecule has 1 aromatic carbocycles. The maximum absolute atomic E-state index is 12.0. The van der Waals surface area contributed by atoms with Crippen molar-refractivity contribution in [2.24, 2.45) is 5.41 Å². The van der Waals surface area contributed by atoms with Crippen molar-refractivity contribution in [1.29, 1.82) is 0 Å². The van der Waals surface area contributed by atoms with Crippen molar-refractivity contribution in [2.75, 3.05) is 5.32 Å². The smallest absolute Gasteiger partial charge is 0.257 e. The van der Waals surface area contributed by atoms with Crippen LogP contribution in [-0.2, 0) is 0 Å². The Morgan fingerprint density at radius 2 is 2.11 bits per heavy atom. The standard InChI is InChI=1S/C15H18N2O2/c1-15(2)11(8-12(15)18)16-13-7-9-5-3-4-6-10(9)14(19)17-13/h3-7,11-12,18H,8H2,1-2H3,(H2,16,17,19). The third-order valence-electron chi connectivity index (χ3n) is 4.30. The lowest BCUT2D eigenvalue weighted by Gasteiger charge is -2.49. The minimum Gasteiger partial charge on any atom is -0.392 e. The molecule has 3 N–H and O–H groups in total. The van der Waals surface area contributed by atoms with Crippen LogP contribution in [-0.4, -0.2) is 22.2 Å². The van der Waals surface area contributed by atoms with Crippen molar-refractivity contribution < 1.29 is 5.11 Å². The number of aliphatic hydroxyl groups excluding tert-OH is 1. The molecule has 1 fully saturated rings.